The van der Waals surface area contributed by atoms with Crippen molar-refractivity contribution in [2.24, 2.45) is 5.73 Å². The highest BCUT2D eigenvalue weighted by atomic mass is 16.5. The summed E-state index contributed by atoms with van der Waals surface area (Å²) in [5, 5.41) is 12.1. The number of hydrogen-bond donors (Lipinski definition) is 2. The van der Waals surface area contributed by atoms with Gasteiger partial charge >= 0.3 is 0 Å². The quantitative estimate of drug-likeness (QED) is 0.541. The van der Waals surface area contributed by atoms with E-state index in [0.29, 0.717) is 29.4 Å². The molecule has 0 aliphatic rings. The number of rotatable bonds is 8. The van der Waals surface area contributed by atoms with Gasteiger partial charge < -0.3 is 20.5 Å². The van der Waals surface area contributed by atoms with Crippen molar-refractivity contribution in [2.75, 3.05) is 18.5 Å². The van der Waals surface area contributed by atoms with Gasteiger partial charge in [0, 0.05) is 5.69 Å². The lowest BCUT2D eigenvalue weighted by molar-refractivity contribution is -0.120. The lowest BCUT2D eigenvalue weighted by Crippen LogP contribution is -2.20. The fourth-order valence-corrected chi connectivity index (χ4v) is 2.30. The molecule has 2 amide bonds. The van der Waals surface area contributed by atoms with Crippen LogP contribution in [0.1, 0.15) is 18.1 Å². The van der Waals surface area contributed by atoms with Gasteiger partial charge in [-0.1, -0.05) is 23.8 Å². The molecule has 0 saturated carbocycles. The second-order valence-corrected chi connectivity index (χ2v) is 5.88. The molecule has 0 bridgehead atoms. The van der Waals surface area contributed by atoms with E-state index in [1.165, 1.54) is 6.08 Å². The first-order chi connectivity index (χ1) is 13.4. The maximum Gasteiger partial charge on any atom is 0.266 e. The minimum atomic E-state index is -0.606. The standard InChI is InChI=1S/C21H21N3O4/c1-3-27-19-11-15(6-9-18(19)28-13-20(23)25)10-16(12-22)21(26)24-17-7-4-14(2)5-8-17/h4-11H,3,13H2,1-2H3,(H2,23,25)(H,24,26)/b16-10-. The molecule has 0 atom stereocenters. The molecule has 0 aliphatic carbocycles. The number of anilines is 1. The molecule has 2 aromatic rings. The summed E-state index contributed by atoms with van der Waals surface area (Å²) in [6.07, 6.45) is 1.45. The van der Waals surface area contributed by atoms with E-state index < -0.39 is 11.8 Å². The highest BCUT2D eigenvalue weighted by molar-refractivity contribution is 6.09. The number of nitriles is 1. The Morgan fingerprint density at radius 1 is 1.14 bits per heavy atom. The summed E-state index contributed by atoms with van der Waals surface area (Å²) in [4.78, 5) is 23.3. The molecule has 0 spiro atoms. The van der Waals surface area contributed by atoms with Gasteiger partial charge in [-0.3, -0.25) is 9.59 Å². The van der Waals surface area contributed by atoms with Crippen LogP contribution in [-0.4, -0.2) is 25.0 Å². The van der Waals surface area contributed by atoms with Crippen molar-refractivity contribution < 1.29 is 19.1 Å². The lowest BCUT2D eigenvalue weighted by atomic mass is 10.1. The molecule has 0 radical (unpaired) electrons. The number of carbonyl (C=O) groups is 2. The molecular formula is C21H21N3O4. The van der Waals surface area contributed by atoms with E-state index in [4.69, 9.17) is 15.2 Å². The molecule has 2 aromatic carbocycles. The Bertz CT molecular complexity index is 928. The number of primary amides is 1. The van der Waals surface area contributed by atoms with Crippen LogP contribution in [0.5, 0.6) is 11.5 Å². The summed E-state index contributed by atoms with van der Waals surface area (Å²) in [5.74, 6) is -0.390. The molecule has 7 heteroatoms. The summed E-state index contributed by atoms with van der Waals surface area (Å²) in [7, 11) is 0. The van der Waals surface area contributed by atoms with E-state index in [0.717, 1.165) is 5.56 Å². The molecule has 0 heterocycles. The van der Waals surface area contributed by atoms with Gasteiger partial charge in [0.15, 0.2) is 18.1 Å². The van der Waals surface area contributed by atoms with Gasteiger partial charge in [-0.05, 0) is 49.8 Å². The fourth-order valence-electron chi connectivity index (χ4n) is 2.30. The summed E-state index contributed by atoms with van der Waals surface area (Å²) >= 11 is 0. The molecule has 144 valence electrons. The Morgan fingerprint density at radius 2 is 1.86 bits per heavy atom. The number of amides is 2. The first kappa shape index (κ1) is 20.5. The number of aryl methyl sites for hydroxylation is 1. The first-order valence-electron chi connectivity index (χ1n) is 8.60. The topological polar surface area (TPSA) is 114 Å². The molecule has 0 unspecified atom stereocenters. The van der Waals surface area contributed by atoms with Gasteiger partial charge in [0.05, 0.1) is 6.61 Å². The fraction of sp³-hybridized carbons (Fsp3) is 0.190. The Morgan fingerprint density at radius 3 is 2.46 bits per heavy atom. The predicted octanol–water partition coefficient (Wildman–Crippen LogP) is 2.80. The number of ether oxygens (including phenoxy) is 2. The summed E-state index contributed by atoms with van der Waals surface area (Å²) < 4.78 is 10.8. The maximum atomic E-state index is 12.4. The van der Waals surface area contributed by atoms with Crippen molar-refractivity contribution in [2.45, 2.75) is 13.8 Å². The number of nitrogens with zero attached hydrogens (tertiary/aromatic N) is 1. The van der Waals surface area contributed by atoms with Gasteiger partial charge in [-0.2, -0.15) is 5.26 Å². The number of carbonyl (C=O) groups excluding carboxylic acids is 2. The van der Waals surface area contributed by atoms with Gasteiger partial charge in [0.1, 0.15) is 11.6 Å². The van der Waals surface area contributed by atoms with E-state index in [1.54, 1.807) is 37.3 Å². The molecule has 7 nitrogen and oxygen atoms in total. The Kier molecular flexibility index (Phi) is 7.17. The molecule has 3 N–H and O–H groups in total. The van der Waals surface area contributed by atoms with Gasteiger partial charge in [-0.25, -0.2) is 0 Å². The minimum absolute atomic E-state index is 0.0613. The van der Waals surface area contributed by atoms with Crippen LogP contribution in [0.25, 0.3) is 6.08 Å². The Hall–Kier alpha value is -3.79. The third-order valence-corrected chi connectivity index (χ3v) is 3.62. The smallest absolute Gasteiger partial charge is 0.266 e. The molecule has 28 heavy (non-hydrogen) atoms. The van der Waals surface area contributed by atoms with Crippen LogP contribution >= 0.6 is 0 Å². The van der Waals surface area contributed by atoms with E-state index in [1.807, 2.05) is 25.1 Å². The summed E-state index contributed by atoms with van der Waals surface area (Å²) in [6.45, 7) is 3.84. The number of nitrogens with one attached hydrogen (secondary N) is 1. The summed E-state index contributed by atoms with van der Waals surface area (Å²) in [5.41, 5.74) is 7.27. The number of benzene rings is 2. The highest BCUT2D eigenvalue weighted by Crippen LogP contribution is 2.29. The average Bonchev–Trinajstić information content (AvgIpc) is 2.67. The van der Waals surface area contributed by atoms with Crippen molar-refractivity contribution in [1.82, 2.24) is 0 Å². The number of nitrogens with two attached hydrogens (primary N) is 1. The van der Waals surface area contributed by atoms with Crippen LogP contribution in [0, 0.1) is 18.3 Å². The Labute approximate surface area is 163 Å². The second-order valence-electron chi connectivity index (χ2n) is 5.88. The largest absolute Gasteiger partial charge is 0.490 e. The van der Waals surface area contributed by atoms with Crippen LogP contribution in [0.2, 0.25) is 0 Å². The van der Waals surface area contributed by atoms with Gasteiger partial charge in [0.2, 0.25) is 0 Å². The highest BCUT2D eigenvalue weighted by Gasteiger charge is 2.12. The molecule has 0 aliphatic heterocycles. The molecule has 0 aromatic heterocycles. The zero-order chi connectivity index (χ0) is 20.5. The average molecular weight is 379 g/mol. The molecular weight excluding hydrogens is 358 g/mol. The maximum absolute atomic E-state index is 12.4. The van der Waals surface area contributed by atoms with E-state index in [2.05, 4.69) is 5.32 Å². The van der Waals surface area contributed by atoms with Crippen molar-refractivity contribution in [3.63, 3.8) is 0 Å². The van der Waals surface area contributed by atoms with Crippen LogP contribution in [-0.2, 0) is 9.59 Å². The monoisotopic (exact) mass is 379 g/mol. The van der Waals surface area contributed by atoms with Crippen LogP contribution in [0.15, 0.2) is 48.0 Å². The summed E-state index contributed by atoms with van der Waals surface area (Å²) in [6, 6.07) is 14.0. The van der Waals surface area contributed by atoms with Gasteiger partial charge in [0.25, 0.3) is 11.8 Å². The Balaban J connectivity index is 2.23. The zero-order valence-electron chi connectivity index (χ0n) is 15.7. The van der Waals surface area contributed by atoms with Crippen molar-refractivity contribution >= 4 is 23.6 Å². The van der Waals surface area contributed by atoms with Crippen molar-refractivity contribution in [3.05, 3.63) is 59.2 Å². The lowest BCUT2D eigenvalue weighted by Gasteiger charge is -2.11. The first-order valence-corrected chi connectivity index (χ1v) is 8.60. The minimum Gasteiger partial charge on any atom is -0.490 e. The third kappa shape index (κ3) is 5.88. The third-order valence-electron chi connectivity index (χ3n) is 3.62. The molecule has 0 fully saturated rings. The molecule has 0 saturated heterocycles. The SMILES string of the molecule is CCOc1cc(/C=C(/C#N)C(=O)Nc2ccc(C)cc2)ccc1OCC(N)=O. The molecule has 2 rings (SSSR count). The predicted molar refractivity (Wildman–Crippen MR) is 106 cm³/mol. The van der Waals surface area contributed by atoms with Crippen LogP contribution in [0.3, 0.4) is 0 Å². The zero-order valence-corrected chi connectivity index (χ0v) is 15.7. The van der Waals surface area contributed by atoms with E-state index >= 15 is 0 Å². The normalized spacial score (nSPS) is 10.7. The van der Waals surface area contributed by atoms with Gasteiger partial charge in [-0.15, -0.1) is 0 Å². The van der Waals surface area contributed by atoms with Crippen molar-refractivity contribution in [1.29, 1.82) is 5.26 Å². The number of hydrogen-bond acceptors (Lipinski definition) is 5. The van der Waals surface area contributed by atoms with Crippen molar-refractivity contribution in [3.8, 4) is 17.6 Å². The van der Waals surface area contributed by atoms with Crippen LogP contribution in [0.4, 0.5) is 5.69 Å². The second kappa shape index (κ2) is 9.78. The van der Waals surface area contributed by atoms with E-state index in [9.17, 15) is 14.9 Å². The van der Waals surface area contributed by atoms with Crippen LogP contribution < -0.4 is 20.5 Å². The van der Waals surface area contributed by atoms with E-state index in [-0.39, 0.29) is 12.2 Å².